The van der Waals surface area contributed by atoms with Gasteiger partial charge in [-0.15, -0.1) is 0 Å². The Morgan fingerprint density at radius 3 is 2.56 bits per heavy atom. The van der Waals surface area contributed by atoms with E-state index >= 15 is 0 Å². The predicted octanol–water partition coefficient (Wildman–Crippen LogP) is 4.44. The van der Waals surface area contributed by atoms with E-state index in [9.17, 15) is 9.59 Å². The zero-order valence-electron chi connectivity index (χ0n) is 13.8. The van der Waals surface area contributed by atoms with Crippen LogP contribution < -0.4 is 10.7 Å². The van der Waals surface area contributed by atoms with E-state index in [4.69, 9.17) is 23.2 Å². The normalized spacial score (nSPS) is 11.1. The first-order chi connectivity index (χ1) is 11.9. The fourth-order valence-electron chi connectivity index (χ4n) is 2.05. The van der Waals surface area contributed by atoms with Crippen molar-refractivity contribution in [2.45, 2.75) is 20.3 Å². The van der Waals surface area contributed by atoms with Gasteiger partial charge in [0, 0.05) is 27.0 Å². The van der Waals surface area contributed by atoms with Crippen LogP contribution in [0, 0.1) is 6.92 Å². The molecule has 130 valence electrons. The summed E-state index contributed by atoms with van der Waals surface area (Å²) in [4.78, 5) is 24.0. The minimum Gasteiger partial charge on any atom is -0.325 e. The lowest BCUT2D eigenvalue weighted by molar-refractivity contribution is -0.115. The molecule has 0 saturated carbocycles. The summed E-state index contributed by atoms with van der Waals surface area (Å²) in [5.74, 6) is -0.642. The number of hydrogen-bond acceptors (Lipinski definition) is 3. The maximum Gasteiger partial charge on any atom is 0.271 e. The van der Waals surface area contributed by atoms with Crippen molar-refractivity contribution in [1.82, 2.24) is 5.43 Å². The Bertz CT molecular complexity index is 835. The van der Waals surface area contributed by atoms with Crippen molar-refractivity contribution < 1.29 is 9.59 Å². The van der Waals surface area contributed by atoms with E-state index in [2.05, 4.69) is 15.8 Å². The molecule has 2 aromatic carbocycles. The molecule has 5 nitrogen and oxygen atoms in total. The van der Waals surface area contributed by atoms with Crippen molar-refractivity contribution in [3.05, 3.63) is 63.6 Å². The summed E-state index contributed by atoms with van der Waals surface area (Å²) in [7, 11) is 0. The Kier molecular flexibility index (Phi) is 6.56. The van der Waals surface area contributed by atoms with Gasteiger partial charge in [0.1, 0.15) is 0 Å². The Labute approximate surface area is 156 Å². The van der Waals surface area contributed by atoms with Crippen molar-refractivity contribution in [1.29, 1.82) is 0 Å². The zero-order chi connectivity index (χ0) is 18.4. The lowest BCUT2D eigenvalue weighted by Crippen LogP contribution is -2.21. The topological polar surface area (TPSA) is 70.6 Å². The zero-order valence-corrected chi connectivity index (χ0v) is 15.3. The number of halogens is 2. The second kappa shape index (κ2) is 8.65. The van der Waals surface area contributed by atoms with Crippen molar-refractivity contribution in [3.63, 3.8) is 0 Å². The van der Waals surface area contributed by atoms with Gasteiger partial charge < -0.3 is 5.32 Å². The summed E-state index contributed by atoms with van der Waals surface area (Å²) in [5.41, 5.74) is 4.70. The minimum atomic E-state index is -0.395. The van der Waals surface area contributed by atoms with Crippen LogP contribution in [0.25, 0.3) is 0 Å². The molecule has 0 spiro atoms. The molecular weight excluding hydrogens is 361 g/mol. The molecule has 0 aliphatic rings. The van der Waals surface area contributed by atoms with Crippen LogP contribution in [-0.2, 0) is 4.79 Å². The third-order valence-corrected chi connectivity index (χ3v) is 4.04. The molecule has 0 saturated heterocycles. The molecule has 0 bridgehead atoms. The molecule has 0 aliphatic heterocycles. The molecule has 0 atom stereocenters. The Morgan fingerprint density at radius 1 is 1.12 bits per heavy atom. The Hall–Kier alpha value is -2.37. The van der Waals surface area contributed by atoms with Crippen LogP contribution in [0.4, 0.5) is 5.69 Å². The number of carbonyl (C=O) groups is 2. The number of rotatable bonds is 5. The highest BCUT2D eigenvalue weighted by molar-refractivity contribution is 6.32. The van der Waals surface area contributed by atoms with Crippen LogP contribution in [0.3, 0.4) is 0 Å². The fourth-order valence-corrected chi connectivity index (χ4v) is 2.41. The molecule has 0 radical (unpaired) electrons. The number of hydrazone groups is 1. The molecule has 25 heavy (non-hydrogen) atoms. The van der Waals surface area contributed by atoms with Gasteiger partial charge in [0.25, 0.3) is 5.91 Å². The summed E-state index contributed by atoms with van der Waals surface area (Å²) in [6.45, 7) is 3.48. The average molecular weight is 378 g/mol. The Morgan fingerprint density at radius 2 is 1.84 bits per heavy atom. The molecule has 0 unspecified atom stereocenters. The number of amides is 2. The van der Waals surface area contributed by atoms with Gasteiger partial charge in [-0.3, -0.25) is 9.59 Å². The van der Waals surface area contributed by atoms with E-state index in [1.165, 1.54) is 6.07 Å². The number of carbonyl (C=O) groups excluding carboxylic acids is 2. The van der Waals surface area contributed by atoms with E-state index in [1.807, 2.05) is 6.92 Å². The third-order valence-electron chi connectivity index (χ3n) is 3.39. The van der Waals surface area contributed by atoms with Crippen molar-refractivity contribution in [2.75, 3.05) is 5.32 Å². The lowest BCUT2D eigenvalue weighted by Gasteiger charge is -2.09. The maximum absolute atomic E-state index is 12.1. The summed E-state index contributed by atoms with van der Waals surface area (Å²) < 4.78 is 0. The summed E-state index contributed by atoms with van der Waals surface area (Å²) >= 11 is 11.9. The van der Waals surface area contributed by atoms with Crippen molar-refractivity contribution in [2.24, 2.45) is 5.10 Å². The lowest BCUT2D eigenvalue weighted by atomic mass is 10.2. The van der Waals surface area contributed by atoms with Crippen molar-refractivity contribution >= 4 is 46.4 Å². The first kappa shape index (κ1) is 19.0. The van der Waals surface area contributed by atoms with Gasteiger partial charge in [-0.05, 0) is 49.7 Å². The highest BCUT2D eigenvalue weighted by Crippen LogP contribution is 2.22. The molecule has 7 heteroatoms. The smallest absolute Gasteiger partial charge is 0.271 e. The number of benzene rings is 2. The summed E-state index contributed by atoms with van der Waals surface area (Å²) in [6, 6.07) is 11.8. The van der Waals surface area contributed by atoms with E-state index in [1.54, 1.807) is 43.3 Å². The molecule has 2 rings (SSSR count). The van der Waals surface area contributed by atoms with Crippen LogP contribution in [-0.4, -0.2) is 17.5 Å². The fraction of sp³-hybridized carbons (Fsp3) is 0.167. The second-order valence-electron chi connectivity index (χ2n) is 5.44. The summed E-state index contributed by atoms with van der Waals surface area (Å²) in [6.07, 6.45) is 0.0434. The number of nitrogens with one attached hydrogen (secondary N) is 2. The van der Waals surface area contributed by atoms with Gasteiger partial charge in [0.05, 0.1) is 6.42 Å². The van der Waals surface area contributed by atoms with Gasteiger partial charge in [-0.25, -0.2) is 5.43 Å². The molecule has 2 amide bonds. The quantitative estimate of drug-likeness (QED) is 0.597. The van der Waals surface area contributed by atoms with Gasteiger partial charge in [-0.2, -0.15) is 5.10 Å². The average Bonchev–Trinajstić information content (AvgIpc) is 2.56. The molecule has 0 aliphatic carbocycles. The van der Waals surface area contributed by atoms with Crippen molar-refractivity contribution in [3.8, 4) is 0 Å². The molecule has 0 aromatic heterocycles. The van der Waals surface area contributed by atoms with E-state index < -0.39 is 5.91 Å². The monoisotopic (exact) mass is 377 g/mol. The molecule has 0 heterocycles. The molecule has 2 N–H and O–H groups in total. The van der Waals surface area contributed by atoms with Gasteiger partial charge in [0.15, 0.2) is 0 Å². The van der Waals surface area contributed by atoms with E-state index in [0.717, 1.165) is 5.56 Å². The highest BCUT2D eigenvalue weighted by atomic mass is 35.5. The molecular formula is C18H17Cl2N3O2. The second-order valence-corrected chi connectivity index (χ2v) is 6.28. The SMILES string of the molecule is C/C(CC(=O)Nc1cccc(Cl)c1C)=N/NC(=O)c1cccc(Cl)c1. The van der Waals surface area contributed by atoms with Crippen LogP contribution in [0.5, 0.6) is 0 Å². The molecule has 2 aromatic rings. The first-order valence-corrected chi connectivity index (χ1v) is 8.26. The Balaban J connectivity index is 1.93. The van der Waals surface area contributed by atoms with Crippen LogP contribution in [0.1, 0.15) is 29.3 Å². The van der Waals surface area contributed by atoms with E-state index in [-0.39, 0.29) is 12.3 Å². The first-order valence-electron chi connectivity index (χ1n) is 7.51. The van der Waals surface area contributed by atoms with Gasteiger partial charge in [-0.1, -0.05) is 35.3 Å². The largest absolute Gasteiger partial charge is 0.325 e. The molecule has 0 fully saturated rings. The van der Waals surface area contributed by atoms with Gasteiger partial charge in [0.2, 0.25) is 5.91 Å². The maximum atomic E-state index is 12.1. The number of anilines is 1. The number of hydrogen-bond donors (Lipinski definition) is 2. The predicted molar refractivity (Wildman–Crippen MR) is 101 cm³/mol. The van der Waals surface area contributed by atoms with Gasteiger partial charge >= 0.3 is 0 Å². The third kappa shape index (κ3) is 5.59. The van der Waals surface area contributed by atoms with Crippen LogP contribution in [0.15, 0.2) is 47.6 Å². The standard InChI is InChI=1S/C18H17Cl2N3O2/c1-11(22-23-18(25)13-5-3-6-14(19)10-13)9-17(24)21-16-8-4-7-15(20)12(16)2/h3-8,10H,9H2,1-2H3,(H,21,24)(H,23,25)/b22-11-. The van der Waals surface area contributed by atoms with E-state index in [0.29, 0.717) is 27.0 Å². The van der Waals surface area contributed by atoms with Crippen LogP contribution in [0.2, 0.25) is 10.0 Å². The summed E-state index contributed by atoms with van der Waals surface area (Å²) in [5, 5.41) is 7.76. The highest BCUT2D eigenvalue weighted by Gasteiger charge is 2.09. The number of nitrogens with zero attached hydrogens (tertiary/aromatic N) is 1. The minimum absolute atomic E-state index is 0.0434. The van der Waals surface area contributed by atoms with Crippen LogP contribution >= 0.6 is 23.2 Å².